The first-order valence-corrected chi connectivity index (χ1v) is 11.5. The Balaban J connectivity index is 1.86. The van der Waals surface area contributed by atoms with E-state index in [0.717, 1.165) is 22.3 Å². The van der Waals surface area contributed by atoms with Gasteiger partial charge in [0.1, 0.15) is 5.75 Å². The second-order valence-corrected chi connectivity index (χ2v) is 9.26. The van der Waals surface area contributed by atoms with Crippen molar-refractivity contribution in [1.29, 1.82) is 0 Å². The fourth-order valence-electron chi connectivity index (χ4n) is 3.54. The van der Waals surface area contributed by atoms with Crippen molar-refractivity contribution in [2.24, 2.45) is 7.05 Å². The number of aromatic nitrogens is 1. The van der Waals surface area contributed by atoms with Crippen LogP contribution in [0.15, 0.2) is 95.0 Å². The Labute approximate surface area is 198 Å². The Morgan fingerprint density at radius 3 is 2.27 bits per heavy atom. The zero-order chi connectivity index (χ0) is 23.5. The molecule has 33 heavy (non-hydrogen) atoms. The predicted octanol–water partition coefficient (Wildman–Crippen LogP) is 6.17. The number of rotatable bonds is 6. The number of nitro benzene ring substituents is 1. The molecule has 0 N–H and O–H groups in total. The van der Waals surface area contributed by atoms with Crippen LogP contribution in [-0.2, 0) is 17.8 Å². The maximum Gasteiger partial charge on any atom is 0.270 e. The second kappa shape index (κ2) is 9.48. The van der Waals surface area contributed by atoms with Crippen LogP contribution in [0.3, 0.4) is 0 Å². The third kappa shape index (κ3) is 4.76. The first kappa shape index (κ1) is 22.6. The summed E-state index contributed by atoms with van der Waals surface area (Å²) in [6.45, 7) is 0. The number of methoxy groups -OCH3 is 1. The molecule has 4 rings (SSSR count). The molecule has 8 heteroatoms. The van der Waals surface area contributed by atoms with Crippen LogP contribution in [0.1, 0.15) is 0 Å². The molecule has 0 saturated heterocycles. The molecule has 1 unspecified atom stereocenters. The Kier molecular flexibility index (Phi) is 6.48. The van der Waals surface area contributed by atoms with Crippen molar-refractivity contribution in [1.82, 2.24) is 4.57 Å². The molecule has 0 radical (unpaired) electrons. The minimum atomic E-state index is -1.65. The van der Waals surface area contributed by atoms with E-state index < -0.39 is 15.7 Å². The highest BCUT2D eigenvalue weighted by Gasteiger charge is 2.16. The normalized spacial score (nSPS) is 11.7. The van der Waals surface area contributed by atoms with Crippen LogP contribution in [0.4, 0.5) is 5.69 Å². The van der Waals surface area contributed by atoms with E-state index in [4.69, 9.17) is 17.0 Å². The van der Waals surface area contributed by atoms with Gasteiger partial charge in [-0.2, -0.15) is 0 Å². The van der Waals surface area contributed by atoms with Crippen LogP contribution in [0.2, 0.25) is 0 Å². The number of ether oxygens (including phenoxy) is 1. The highest BCUT2D eigenvalue weighted by molar-refractivity contribution is 7.85. The van der Waals surface area contributed by atoms with E-state index >= 15 is 0 Å². The third-order valence-corrected chi connectivity index (χ3v) is 6.91. The molecule has 0 fully saturated rings. The summed E-state index contributed by atoms with van der Waals surface area (Å²) in [5.74, 6) is 0.517. The molecular formula is C25H20N2O4S2. The molecule has 0 saturated carbocycles. The van der Waals surface area contributed by atoms with Crippen molar-refractivity contribution < 1.29 is 13.9 Å². The van der Waals surface area contributed by atoms with Gasteiger partial charge in [0.25, 0.3) is 5.69 Å². The largest absolute Gasteiger partial charge is 0.497 e. The van der Waals surface area contributed by atoms with Crippen LogP contribution >= 0.6 is 12.2 Å². The third-order valence-electron chi connectivity index (χ3n) is 5.12. The quantitative estimate of drug-likeness (QED) is 0.189. The fourth-order valence-corrected chi connectivity index (χ4v) is 5.04. The van der Waals surface area contributed by atoms with E-state index in [9.17, 15) is 14.3 Å². The van der Waals surface area contributed by atoms with Crippen LogP contribution in [0, 0.1) is 14.6 Å². The molecule has 4 aromatic rings. The van der Waals surface area contributed by atoms with Crippen molar-refractivity contribution >= 4 is 28.7 Å². The van der Waals surface area contributed by atoms with Crippen molar-refractivity contribution in [3.05, 3.63) is 99.8 Å². The average molecular weight is 477 g/mol. The summed E-state index contributed by atoms with van der Waals surface area (Å²) in [6.07, 6.45) is 3.90. The number of nitro groups is 1. The van der Waals surface area contributed by atoms with E-state index in [0.29, 0.717) is 20.1 Å². The lowest BCUT2D eigenvalue weighted by atomic mass is 10.0. The molecule has 0 aliphatic rings. The number of benzene rings is 3. The Morgan fingerprint density at radius 1 is 0.909 bits per heavy atom. The number of pyridine rings is 1. The molecule has 0 aliphatic carbocycles. The molecule has 0 spiro atoms. The lowest BCUT2D eigenvalue weighted by Crippen LogP contribution is -1.99. The van der Waals surface area contributed by atoms with Crippen LogP contribution in [0.5, 0.6) is 5.75 Å². The lowest BCUT2D eigenvalue weighted by molar-refractivity contribution is -0.385. The minimum absolute atomic E-state index is 0.112. The van der Waals surface area contributed by atoms with Gasteiger partial charge in [-0.3, -0.25) is 10.1 Å². The van der Waals surface area contributed by atoms with E-state index in [-0.39, 0.29) is 5.69 Å². The van der Waals surface area contributed by atoms with Gasteiger partial charge >= 0.3 is 0 Å². The zero-order valence-electron chi connectivity index (χ0n) is 17.9. The molecule has 3 aromatic carbocycles. The first-order valence-electron chi connectivity index (χ1n) is 9.99. The number of hydrogen-bond donors (Lipinski definition) is 0. The monoisotopic (exact) mass is 476 g/mol. The SMILES string of the molecule is COc1cc(-c2cn(C)cc(-c3ccccc3)c2=S)cc(S(=O)c2cccc([N+](=O)[O-])c2)c1. The Bertz CT molecular complexity index is 1430. The molecule has 0 aliphatic heterocycles. The minimum Gasteiger partial charge on any atom is -0.497 e. The standard InChI is InChI=1S/C25H20N2O4S2/c1-26-15-23(17-7-4-3-5-8-17)25(32)24(16-26)18-11-20(31-2)14-22(12-18)33(30)21-10-6-9-19(13-21)27(28)29/h3-16H,1-2H3. The van der Waals surface area contributed by atoms with E-state index in [1.807, 2.05) is 60.4 Å². The molecule has 1 heterocycles. The maximum atomic E-state index is 13.3. The highest BCUT2D eigenvalue weighted by atomic mass is 32.2. The van der Waals surface area contributed by atoms with Gasteiger partial charge in [0.05, 0.1) is 32.2 Å². The molecule has 0 amide bonds. The highest BCUT2D eigenvalue weighted by Crippen LogP contribution is 2.33. The van der Waals surface area contributed by atoms with Gasteiger partial charge in [-0.05, 0) is 35.4 Å². The van der Waals surface area contributed by atoms with Crippen LogP contribution in [-0.4, -0.2) is 20.8 Å². The van der Waals surface area contributed by atoms with Gasteiger partial charge < -0.3 is 9.30 Å². The van der Waals surface area contributed by atoms with Crippen molar-refractivity contribution in [3.8, 4) is 28.0 Å². The first-order chi connectivity index (χ1) is 15.9. The molecule has 0 bridgehead atoms. The van der Waals surface area contributed by atoms with Gasteiger partial charge in [-0.25, -0.2) is 4.21 Å². The van der Waals surface area contributed by atoms with Gasteiger partial charge in [0.15, 0.2) is 0 Å². The summed E-state index contributed by atoms with van der Waals surface area (Å²) >= 11 is 5.84. The average Bonchev–Trinajstić information content (AvgIpc) is 2.85. The smallest absolute Gasteiger partial charge is 0.270 e. The second-order valence-electron chi connectivity index (χ2n) is 7.37. The summed E-state index contributed by atoms with van der Waals surface area (Å²) < 4.78 is 21.4. The van der Waals surface area contributed by atoms with Crippen molar-refractivity contribution in [2.45, 2.75) is 9.79 Å². The summed E-state index contributed by atoms with van der Waals surface area (Å²) in [5.41, 5.74) is 3.35. The Morgan fingerprint density at radius 2 is 1.61 bits per heavy atom. The number of nitrogens with zero attached hydrogens (tertiary/aromatic N) is 2. The molecule has 166 valence electrons. The summed E-state index contributed by atoms with van der Waals surface area (Å²) in [6, 6.07) is 21.0. The van der Waals surface area contributed by atoms with Gasteiger partial charge in [0.2, 0.25) is 0 Å². The van der Waals surface area contributed by atoms with Gasteiger partial charge in [-0.1, -0.05) is 48.6 Å². The molecule has 1 aromatic heterocycles. The molecular weight excluding hydrogens is 456 g/mol. The number of hydrogen-bond acceptors (Lipinski definition) is 5. The number of aryl methyl sites for hydroxylation is 1. The lowest BCUT2D eigenvalue weighted by Gasteiger charge is -2.13. The zero-order valence-corrected chi connectivity index (χ0v) is 19.6. The summed E-state index contributed by atoms with van der Waals surface area (Å²) in [7, 11) is 1.81. The molecule has 6 nitrogen and oxygen atoms in total. The topological polar surface area (TPSA) is 74.4 Å². The van der Waals surface area contributed by atoms with E-state index in [1.165, 1.54) is 25.3 Å². The van der Waals surface area contributed by atoms with Crippen molar-refractivity contribution in [2.75, 3.05) is 7.11 Å². The van der Waals surface area contributed by atoms with Gasteiger partial charge in [0, 0.05) is 47.6 Å². The van der Waals surface area contributed by atoms with Gasteiger partial charge in [-0.15, -0.1) is 0 Å². The Hall–Kier alpha value is -3.62. The number of non-ortho nitro benzene ring substituents is 1. The summed E-state index contributed by atoms with van der Waals surface area (Å²) in [4.78, 5) is 11.4. The van der Waals surface area contributed by atoms with E-state index in [2.05, 4.69) is 0 Å². The van der Waals surface area contributed by atoms with Crippen LogP contribution in [0.25, 0.3) is 22.3 Å². The fraction of sp³-hybridized carbons (Fsp3) is 0.0800. The predicted molar refractivity (Wildman–Crippen MR) is 131 cm³/mol. The van der Waals surface area contributed by atoms with Crippen LogP contribution < -0.4 is 4.74 Å². The summed E-state index contributed by atoms with van der Waals surface area (Å²) in [5, 5.41) is 11.1. The van der Waals surface area contributed by atoms with Crippen molar-refractivity contribution in [3.63, 3.8) is 0 Å². The van der Waals surface area contributed by atoms with E-state index in [1.54, 1.807) is 18.2 Å². The molecule has 1 atom stereocenters. The maximum absolute atomic E-state index is 13.3.